The third-order valence-electron chi connectivity index (χ3n) is 6.48. The second-order valence-electron chi connectivity index (χ2n) is 9.35. The lowest BCUT2D eigenvalue weighted by atomic mass is 10.1. The number of hydrogen-bond acceptors (Lipinski definition) is 7. The van der Waals surface area contributed by atoms with Crippen LogP contribution in [-0.2, 0) is 6.54 Å². The zero-order valence-corrected chi connectivity index (χ0v) is 21.4. The van der Waals surface area contributed by atoms with E-state index in [-0.39, 0.29) is 6.04 Å². The molecular formula is C29H32N8O. The summed E-state index contributed by atoms with van der Waals surface area (Å²) < 4.78 is 9.77. The lowest BCUT2D eigenvalue weighted by Crippen LogP contribution is -2.23. The molecule has 0 aliphatic rings. The number of benzene rings is 2. The van der Waals surface area contributed by atoms with Gasteiger partial charge in [0, 0.05) is 23.0 Å². The Kier molecular flexibility index (Phi) is 7.46. The lowest BCUT2D eigenvalue weighted by molar-refractivity contribution is 0.400. The third-order valence-corrected chi connectivity index (χ3v) is 6.48. The number of nitrogens with one attached hydrogen (secondary N) is 1. The first-order valence-electron chi connectivity index (χ1n) is 12.8. The minimum atomic E-state index is 0.281. The van der Waals surface area contributed by atoms with Gasteiger partial charge in [-0.25, -0.2) is 9.67 Å². The van der Waals surface area contributed by atoms with E-state index < -0.39 is 0 Å². The predicted molar refractivity (Wildman–Crippen MR) is 148 cm³/mol. The van der Waals surface area contributed by atoms with Gasteiger partial charge in [0.05, 0.1) is 36.2 Å². The van der Waals surface area contributed by atoms with Gasteiger partial charge in [-0.05, 0) is 61.3 Å². The zero-order chi connectivity index (χ0) is 26.5. The van der Waals surface area contributed by atoms with Crippen LogP contribution in [0.4, 0.5) is 5.69 Å². The molecule has 194 valence electrons. The Morgan fingerprint density at radius 2 is 1.82 bits per heavy atom. The van der Waals surface area contributed by atoms with Crippen LogP contribution in [0.2, 0.25) is 0 Å². The molecule has 9 nitrogen and oxygen atoms in total. The average Bonchev–Trinajstić information content (AvgIpc) is 3.61. The summed E-state index contributed by atoms with van der Waals surface area (Å²) in [6.07, 6.45) is 8.53. The molecule has 3 aromatic heterocycles. The molecule has 2 aromatic carbocycles. The van der Waals surface area contributed by atoms with Crippen LogP contribution in [0, 0.1) is 5.41 Å². The maximum absolute atomic E-state index is 8.35. The highest BCUT2D eigenvalue weighted by Crippen LogP contribution is 2.28. The van der Waals surface area contributed by atoms with Crippen molar-refractivity contribution >= 4 is 5.69 Å². The van der Waals surface area contributed by atoms with E-state index in [2.05, 4.69) is 22.1 Å². The SMILES string of the molecule is CCCC(CCN)n1cc(-c2cnc(-c3cccc(Cn4nc(-c5cccc(N)c5)ccc4=N)c3)o2)cn1. The summed E-state index contributed by atoms with van der Waals surface area (Å²) in [7, 11) is 0. The van der Waals surface area contributed by atoms with Crippen molar-refractivity contribution in [3.05, 3.63) is 90.3 Å². The van der Waals surface area contributed by atoms with Crippen molar-refractivity contribution in [2.75, 3.05) is 12.3 Å². The number of hydrogen-bond donors (Lipinski definition) is 3. The molecule has 5 N–H and O–H groups in total. The highest BCUT2D eigenvalue weighted by molar-refractivity contribution is 5.63. The van der Waals surface area contributed by atoms with Gasteiger partial charge in [-0.3, -0.25) is 10.1 Å². The summed E-state index contributed by atoms with van der Waals surface area (Å²) in [4.78, 5) is 4.52. The van der Waals surface area contributed by atoms with Gasteiger partial charge in [-0.1, -0.05) is 37.6 Å². The standard InChI is InChI=1S/C29H32N8O/c1-2-5-25(12-13-30)36-19-23(16-34-36)27-17-33-29(38-27)22-8-3-6-20(14-22)18-37-28(32)11-10-26(35-37)21-7-4-9-24(31)15-21/h3-4,6-11,14-17,19,25,32H,2,5,12-13,18,30-31H2,1H3. The quantitative estimate of drug-likeness (QED) is 0.230. The Morgan fingerprint density at radius 1 is 0.974 bits per heavy atom. The van der Waals surface area contributed by atoms with Crippen molar-refractivity contribution in [1.29, 1.82) is 5.41 Å². The van der Waals surface area contributed by atoms with Crippen LogP contribution < -0.4 is 17.0 Å². The van der Waals surface area contributed by atoms with E-state index in [0.29, 0.717) is 35.9 Å². The number of oxazole rings is 1. The van der Waals surface area contributed by atoms with Gasteiger partial charge >= 0.3 is 0 Å². The maximum atomic E-state index is 8.35. The van der Waals surface area contributed by atoms with Gasteiger partial charge < -0.3 is 15.9 Å². The number of nitrogens with zero attached hydrogens (tertiary/aromatic N) is 5. The van der Waals surface area contributed by atoms with Gasteiger partial charge in [-0.15, -0.1) is 0 Å². The Morgan fingerprint density at radius 3 is 2.63 bits per heavy atom. The first-order valence-corrected chi connectivity index (χ1v) is 12.8. The zero-order valence-electron chi connectivity index (χ0n) is 21.4. The highest BCUT2D eigenvalue weighted by atomic mass is 16.4. The molecule has 38 heavy (non-hydrogen) atoms. The fourth-order valence-corrected chi connectivity index (χ4v) is 4.55. The molecule has 0 fully saturated rings. The molecule has 5 aromatic rings. The fourth-order valence-electron chi connectivity index (χ4n) is 4.55. The fraction of sp³-hybridized carbons (Fsp3) is 0.241. The van der Waals surface area contributed by atoms with Gasteiger partial charge in [0.15, 0.2) is 5.76 Å². The summed E-state index contributed by atoms with van der Waals surface area (Å²) >= 11 is 0. The van der Waals surface area contributed by atoms with Crippen LogP contribution >= 0.6 is 0 Å². The van der Waals surface area contributed by atoms with E-state index in [9.17, 15) is 0 Å². The van der Waals surface area contributed by atoms with Gasteiger partial charge in [0.1, 0.15) is 5.49 Å². The van der Waals surface area contributed by atoms with Crippen molar-refractivity contribution in [3.63, 3.8) is 0 Å². The predicted octanol–water partition coefficient (Wildman–Crippen LogP) is 4.87. The van der Waals surface area contributed by atoms with E-state index in [0.717, 1.165) is 47.2 Å². The molecule has 0 radical (unpaired) electrons. The minimum absolute atomic E-state index is 0.281. The average molecular weight is 509 g/mol. The van der Waals surface area contributed by atoms with Crippen molar-refractivity contribution in [1.82, 2.24) is 24.5 Å². The Bertz CT molecular complexity index is 1580. The van der Waals surface area contributed by atoms with Crippen molar-refractivity contribution < 1.29 is 4.42 Å². The highest BCUT2D eigenvalue weighted by Gasteiger charge is 2.15. The maximum Gasteiger partial charge on any atom is 0.226 e. The summed E-state index contributed by atoms with van der Waals surface area (Å²) in [5, 5.41) is 17.6. The summed E-state index contributed by atoms with van der Waals surface area (Å²) in [6.45, 7) is 3.23. The van der Waals surface area contributed by atoms with Gasteiger partial charge in [0.2, 0.25) is 5.89 Å². The Labute approximate surface area is 221 Å². The van der Waals surface area contributed by atoms with Crippen LogP contribution in [0.15, 0.2) is 83.7 Å². The second kappa shape index (κ2) is 11.3. The first-order chi connectivity index (χ1) is 18.5. The molecule has 0 aliphatic carbocycles. The molecule has 0 aliphatic heterocycles. The molecule has 0 bridgehead atoms. The molecule has 5 rings (SSSR count). The third kappa shape index (κ3) is 5.57. The van der Waals surface area contributed by atoms with Crippen LogP contribution in [0.5, 0.6) is 0 Å². The van der Waals surface area contributed by atoms with Gasteiger partial charge in [-0.2, -0.15) is 10.2 Å². The topological polar surface area (TPSA) is 138 Å². The first kappa shape index (κ1) is 25.2. The van der Waals surface area contributed by atoms with E-state index in [1.54, 1.807) is 16.9 Å². The van der Waals surface area contributed by atoms with E-state index in [1.165, 1.54) is 0 Å². The van der Waals surface area contributed by atoms with Crippen LogP contribution in [0.25, 0.3) is 34.0 Å². The molecule has 0 saturated heterocycles. The van der Waals surface area contributed by atoms with Crippen LogP contribution in [-0.4, -0.2) is 31.1 Å². The Balaban J connectivity index is 1.36. The van der Waals surface area contributed by atoms with E-state index >= 15 is 0 Å². The van der Waals surface area contributed by atoms with Crippen molar-refractivity contribution in [2.45, 2.75) is 38.8 Å². The summed E-state index contributed by atoms with van der Waals surface area (Å²) in [6, 6.07) is 19.4. The normalized spacial score (nSPS) is 12.1. The number of nitrogen functional groups attached to an aromatic ring is 1. The largest absolute Gasteiger partial charge is 0.436 e. The summed E-state index contributed by atoms with van der Waals surface area (Å²) in [5.74, 6) is 1.19. The number of anilines is 1. The second-order valence-corrected chi connectivity index (χ2v) is 9.35. The smallest absolute Gasteiger partial charge is 0.226 e. The molecular weight excluding hydrogens is 476 g/mol. The molecule has 0 spiro atoms. The van der Waals surface area contributed by atoms with E-state index in [1.807, 2.05) is 71.7 Å². The lowest BCUT2D eigenvalue weighted by Gasteiger charge is -2.15. The molecule has 1 atom stereocenters. The van der Waals surface area contributed by atoms with Crippen LogP contribution in [0.3, 0.4) is 0 Å². The monoisotopic (exact) mass is 508 g/mol. The number of nitrogens with two attached hydrogens (primary N) is 2. The van der Waals surface area contributed by atoms with E-state index in [4.69, 9.17) is 21.3 Å². The van der Waals surface area contributed by atoms with Crippen molar-refractivity contribution in [3.8, 4) is 34.0 Å². The number of rotatable bonds is 10. The Hall–Kier alpha value is -4.50. The van der Waals surface area contributed by atoms with Crippen LogP contribution in [0.1, 0.15) is 37.8 Å². The molecule has 0 amide bonds. The molecule has 3 heterocycles. The molecule has 0 saturated carbocycles. The number of aromatic nitrogens is 5. The minimum Gasteiger partial charge on any atom is -0.436 e. The van der Waals surface area contributed by atoms with Crippen molar-refractivity contribution in [2.24, 2.45) is 5.73 Å². The molecule has 1 unspecified atom stereocenters. The van der Waals surface area contributed by atoms with Gasteiger partial charge in [0.25, 0.3) is 0 Å². The molecule has 9 heteroatoms. The summed E-state index contributed by atoms with van der Waals surface area (Å²) in [5.41, 5.74) is 17.1.